The van der Waals surface area contributed by atoms with Gasteiger partial charge in [0.05, 0.1) is 37.2 Å². The standard InChI is InChI=1S/C20H23N5O3S/c1-12-23-14(11-29-12)8-21-18-7-19(24-25(2)20(18)26)28-10-13-6-16(13)17-5-4-15(27-3)9-22-17/h4-5,7,9,11,13,16,21H,6,8,10H2,1-3H3/t13-,16+/m1/s1. The lowest BCUT2D eigenvalue weighted by molar-refractivity contribution is 0.278. The molecule has 0 unspecified atom stereocenters. The van der Waals surface area contributed by atoms with Crippen LogP contribution in [-0.4, -0.2) is 33.5 Å². The van der Waals surface area contributed by atoms with Crippen LogP contribution in [0.4, 0.5) is 5.69 Å². The third-order valence-electron chi connectivity index (χ3n) is 4.91. The average Bonchev–Trinajstić information content (AvgIpc) is 3.39. The number of ether oxygens (including phenoxy) is 2. The van der Waals surface area contributed by atoms with Crippen LogP contribution in [0, 0.1) is 12.8 Å². The number of methoxy groups -OCH3 is 1. The summed E-state index contributed by atoms with van der Waals surface area (Å²) < 4.78 is 12.3. The zero-order valence-electron chi connectivity index (χ0n) is 16.6. The smallest absolute Gasteiger partial charge is 0.290 e. The van der Waals surface area contributed by atoms with Crippen molar-refractivity contribution in [3.05, 3.63) is 56.5 Å². The van der Waals surface area contributed by atoms with Crippen molar-refractivity contribution in [1.82, 2.24) is 19.7 Å². The minimum Gasteiger partial charge on any atom is -0.495 e. The molecular weight excluding hydrogens is 390 g/mol. The molecule has 1 aliphatic carbocycles. The molecule has 3 aromatic rings. The van der Waals surface area contributed by atoms with Gasteiger partial charge in [0.1, 0.15) is 11.4 Å². The molecule has 29 heavy (non-hydrogen) atoms. The maximum atomic E-state index is 12.3. The van der Waals surface area contributed by atoms with Crippen LogP contribution in [0.3, 0.4) is 0 Å². The summed E-state index contributed by atoms with van der Waals surface area (Å²) in [5.74, 6) is 1.96. The molecule has 152 valence electrons. The van der Waals surface area contributed by atoms with Crippen LogP contribution >= 0.6 is 11.3 Å². The summed E-state index contributed by atoms with van der Waals surface area (Å²) in [7, 11) is 3.25. The van der Waals surface area contributed by atoms with E-state index in [9.17, 15) is 4.79 Å². The number of aryl methyl sites for hydroxylation is 2. The van der Waals surface area contributed by atoms with E-state index in [0.29, 0.717) is 36.6 Å². The summed E-state index contributed by atoms with van der Waals surface area (Å²) in [5, 5.41) is 10.3. The first kappa shape index (κ1) is 19.4. The minimum absolute atomic E-state index is 0.198. The molecule has 1 fully saturated rings. The Morgan fingerprint density at radius 3 is 2.93 bits per heavy atom. The third kappa shape index (κ3) is 4.56. The molecule has 9 heteroatoms. The van der Waals surface area contributed by atoms with Gasteiger partial charge in [0.2, 0.25) is 5.88 Å². The summed E-state index contributed by atoms with van der Waals surface area (Å²) in [4.78, 5) is 21.2. The van der Waals surface area contributed by atoms with Gasteiger partial charge in [0.25, 0.3) is 5.56 Å². The van der Waals surface area contributed by atoms with Gasteiger partial charge in [-0.05, 0) is 25.5 Å². The van der Waals surface area contributed by atoms with Crippen LogP contribution in [0.15, 0.2) is 34.6 Å². The highest BCUT2D eigenvalue weighted by Crippen LogP contribution is 2.46. The van der Waals surface area contributed by atoms with Gasteiger partial charge in [0.15, 0.2) is 0 Å². The third-order valence-corrected chi connectivity index (χ3v) is 5.73. The number of rotatable bonds is 8. The van der Waals surface area contributed by atoms with E-state index in [-0.39, 0.29) is 5.56 Å². The fourth-order valence-electron chi connectivity index (χ4n) is 3.17. The lowest BCUT2D eigenvalue weighted by atomic mass is 10.2. The van der Waals surface area contributed by atoms with Gasteiger partial charge in [-0.3, -0.25) is 9.78 Å². The molecule has 0 aliphatic heterocycles. The molecule has 2 atom stereocenters. The van der Waals surface area contributed by atoms with Crippen molar-refractivity contribution in [1.29, 1.82) is 0 Å². The predicted octanol–water partition coefficient (Wildman–Crippen LogP) is 2.74. The molecule has 1 aliphatic rings. The molecule has 3 aromatic heterocycles. The second-order valence-corrected chi connectivity index (χ2v) is 8.13. The monoisotopic (exact) mass is 413 g/mol. The summed E-state index contributed by atoms with van der Waals surface area (Å²) >= 11 is 1.59. The largest absolute Gasteiger partial charge is 0.495 e. The second-order valence-electron chi connectivity index (χ2n) is 7.07. The van der Waals surface area contributed by atoms with Crippen molar-refractivity contribution < 1.29 is 9.47 Å². The maximum absolute atomic E-state index is 12.3. The number of nitrogens with one attached hydrogen (secondary N) is 1. The van der Waals surface area contributed by atoms with E-state index in [1.165, 1.54) is 4.68 Å². The van der Waals surface area contributed by atoms with Gasteiger partial charge in [-0.15, -0.1) is 16.4 Å². The lowest BCUT2D eigenvalue weighted by Gasteiger charge is -2.10. The summed E-state index contributed by atoms with van der Waals surface area (Å²) in [6.07, 6.45) is 2.77. The quantitative estimate of drug-likeness (QED) is 0.607. The van der Waals surface area contributed by atoms with Crippen LogP contribution in [0.5, 0.6) is 11.6 Å². The minimum atomic E-state index is -0.198. The van der Waals surface area contributed by atoms with Crippen molar-refractivity contribution in [3.63, 3.8) is 0 Å². The summed E-state index contributed by atoms with van der Waals surface area (Å²) in [6, 6.07) is 5.58. The zero-order valence-corrected chi connectivity index (χ0v) is 17.4. The van der Waals surface area contributed by atoms with E-state index in [1.54, 1.807) is 37.8 Å². The van der Waals surface area contributed by atoms with E-state index in [4.69, 9.17) is 9.47 Å². The fraction of sp³-hybridized carbons (Fsp3) is 0.400. The van der Waals surface area contributed by atoms with Crippen LogP contribution in [0.1, 0.15) is 28.7 Å². The van der Waals surface area contributed by atoms with Crippen LogP contribution in [0.25, 0.3) is 0 Å². The molecule has 0 saturated heterocycles. The Morgan fingerprint density at radius 2 is 2.24 bits per heavy atom. The number of hydrogen-bond donors (Lipinski definition) is 1. The van der Waals surface area contributed by atoms with Gasteiger partial charge in [0, 0.05) is 36.0 Å². The van der Waals surface area contributed by atoms with Crippen molar-refractivity contribution in [2.75, 3.05) is 19.0 Å². The van der Waals surface area contributed by atoms with Crippen LogP contribution in [-0.2, 0) is 13.6 Å². The first-order valence-corrected chi connectivity index (χ1v) is 10.3. The van der Waals surface area contributed by atoms with Gasteiger partial charge in [-0.2, -0.15) is 0 Å². The number of anilines is 1. The Bertz CT molecular complexity index is 1050. The predicted molar refractivity (Wildman–Crippen MR) is 111 cm³/mol. The molecule has 8 nitrogen and oxygen atoms in total. The van der Waals surface area contributed by atoms with Crippen molar-refractivity contribution in [2.45, 2.75) is 25.8 Å². The molecule has 1 N–H and O–H groups in total. The molecule has 3 heterocycles. The zero-order chi connectivity index (χ0) is 20.4. The van der Waals surface area contributed by atoms with Crippen molar-refractivity contribution >= 4 is 17.0 Å². The molecule has 0 spiro atoms. The number of thiazole rings is 1. The SMILES string of the molecule is COc1ccc([C@H]2C[C@@H]2COc2cc(NCc3csc(C)n3)c(=O)n(C)n2)nc1. The highest BCUT2D eigenvalue weighted by molar-refractivity contribution is 7.09. The maximum Gasteiger partial charge on any atom is 0.290 e. The molecule has 1 saturated carbocycles. The number of pyridine rings is 1. The highest BCUT2D eigenvalue weighted by Gasteiger charge is 2.40. The first-order valence-electron chi connectivity index (χ1n) is 9.39. The van der Waals surface area contributed by atoms with Crippen LogP contribution in [0.2, 0.25) is 0 Å². The highest BCUT2D eigenvalue weighted by atomic mass is 32.1. The van der Waals surface area contributed by atoms with Gasteiger partial charge in [-0.25, -0.2) is 9.67 Å². The summed E-state index contributed by atoms with van der Waals surface area (Å²) in [6.45, 7) is 2.98. The van der Waals surface area contributed by atoms with Gasteiger partial charge < -0.3 is 14.8 Å². The number of aromatic nitrogens is 4. The molecule has 0 radical (unpaired) electrons. The van der Waals surface area contributed by atoms with Crippen molar-refractivity contribution in [3.8, 4) is 11.6 Å². The van der Waals surface area contributed by atoms with E-state index in [0.717, 1.165) is 28.6 Å². The molecular formula is C20H23N5O3S. The average molecular weight is 414 g/mol. The topological polar surface area (TPSA) is 91.2 Å². The van der Waals surface area contributed by atoms with E-state index in [1.807, 2.05) is 24.4 Å². The Kier molecular flexibility index (Phi) is 5.48. The molecule has 0 aromatic carbocycles. The summed E-state index contributed by atoms with van der Waals surface area (Å²) in [5.41, 5.74) is 2.21. The molecule has 0 amide bonds. The Morgan fingerprint density at radius 1 is 1.38 bits per heavy atom. The van der Waals surface area contributed by atoms with Gasteiger partial charge >= 0.3 is 0 Å². The second kappa shape index (κ2) is 8.20. The number of nitrogens with zero attached hydrogens (tertiary/aromatic N) is 4. The van der Waals surface area contributed by atoms with Crippen molar-refractivity contribution in [2.24, 2.45) is 13.0 Å². The molecule has 0 bridgehead atoms. The normalized spacial score (nSPS) is 17.8. The Hall–Kier alpha value is -2.94. The number of hydrogen-bond acceptors (Lipinski definition) is 8. The lowest BCUT2D eigenvalue weighted by Crippen LogP contribution is -2.24. The Labute approximate surface area is 172 Å². The molecule has 4 rings (SSSR count). The Balaban J connectivity index is 1.36. The van der Waals surface area contributed by atoms with E-state index >= 15 is 0 Å². The van der Waals surface area contributed by atoms with E-state index in [2.05, 4.69) is 20.4 Å². The first-order chi connectivity index (χ1) is 14.0. The van der Waals surface area contributed by atoms with Crippen LogP contribution < -0.4 is 20.3 Å². The van der Waals surface area contributed by atoms with Gasteiger partial charge in [-0.1, -0.05) is 0 Å². The van der Waals surface area contributed by atoms with E-state index < -0.39 is 0 Å². The fourth-order valence-corrected chi connectivity index (χ4v) is 3.78.